The number of aldehydes is 2. The third kappa shape index (κ3) is 1.98. The average molecular weight is 226 g/mol. The van der Waals surface area contributed by atoms with Gasteiger partial charge in [0.2, 0.25) is 0 Å². The molecule has 0 amide bonds. The molecule has 2 rings (SSSR count). The van der Waals surface area contributed by atoms with Crippen molar-refractivity contribution in [3.05, 3.63) is 47.0 Å². The predicted octanol–water partition coefficient (Wildman–Crippen LogP) is 3.26. The molecule has 0 aromatic heterocycles. The number of hydrogen-bond donors (Lipinski definition) is 0. The van der Waals surface area contributed by atoms with Crippen LogP contribution in [0.1, 0.15) is 34.3 Å². The minimum Gasteiger partial charge on any atom is -0.303 e. The van der Waals surface area contributed by atoms with Gasteiger partial charge in [0.25, 0.3) is 0 Å². The number of carbonyl (C=O) groups is 2. The second kappa shape index (κ2) is 4.50. The van der Waals surface area contributed by atoms with E-state index in [1.807, 2.05) is 38.1 Å². The van der Waals surface area contributed by atoms with Crippen molar-refractivity contribution < 1.29 is 9.59 Å². The first-order chi connectivity index (χ1) is 8.17. The van der Waals surface area contributed by atoms with Crippen molar-refractivity contribution in [1.29, 1.82) is 0 Å². The van der Waals surface area contributed by atoms with E-state index in [4.69, 9.17) is 0 Å². The van der Waals surface area contributed by atoms with E-state index in [1.54, 1.807) is 6.07 Å². The van der Waals surface area contributed by atoms with Crippen molar-refractivity contribution >= 4 is 23.3 Å². The number of hydrogen-bond acceptors (Lipinski definition) is 2. The van der Waals surface area contributed by atoms with Crippen molar-refractivity contribution in [1.82, 2.24) is 0 Å². The van der Waals surface area contributed by atoms with Crippen LogP contribution in [0, 0.1) is 6.92 Å². The highest BCUT2D eigenvalue weighted by atomic mass is 16.1. The Bertz CT molecular complexity index is 585. The van der Waals surface area contributed by atoms with Gasteiger partial charge in [-0.25, -0.2) is 0 Å². The van der Waals surface area contributed by atoms with Gasteiger partial charge in [-0.3, -0.25) is 4.79 Å². The molecule has 2 heteroatoms. The zero-order valence-corrected chi connectivity index (χ0v) is 9.94. The standard InChI is InChI=1S/C15H14O2/c1-10-3-5-14-12(9-17)4-6-13(11(2)8-16)15(14)7-10/h3-9,11H,1-2H3. The first-order valence-electron chi connectivity index (χ1n) is 5.61. The Kier molecular flexibility index (Phi) is 3.05. The molecule has 1 unspecified atom stereocenters. The Labute approximate surface area is 100 Å². The minimum atomic E-state index is -0.153. The monoisotopic (exact) mass is 226 g/mol. The molecular formula is C15H14O2. The second-order valence-electron chi connectivity index (χ2n) is 4.34. The minimum absolute atomic E-state index is 0.153. The van der Waals surface area contributed by atoms with E-state index in [1.165, 1.54) is 0 Å². The molecular weight excluding hydrogens is 212 g/mol. The molecule has 0 fully saturated rings. The van der Waals surface area contributed by atoms with Crippen molar-refractivity contribution in [2.75, 3.05) is 0 Å². The maximum atomic E-state index is 11.0. The predicted molar refractivity (Wildman–Crippen MR) is 68.6 cm³/mol. The Morgan fingerprint density at radius 2 is 1.82 bits per heavy atom. The van der Waals surface area contributed by atoms with Crippen molar-refractivity contribution in [2.24, 2.45) is 0 Å². The molecule has 1 atom stereocenters. The molecule has 0 radical (unpaired) electrons. The molecule has 0 aliphatic carbocycles. The highest BCUT2D eigenvalue weighted by Gasteiger charge is 2.10. The molecule has 0 spiro atoms. The number of aryl methyl sites for hydroxylation is 1. The van der Waals surface area contributed by atoms with Gasteiger partial charge in [0.15, 0.2) is 6.29 Å². The van der Waals surface area contributed by atoms with Crippen LogP contribution in [0.4, 0.5) is 0 Å². The van der Waals surface area contributed by atoms with Gasteiger partial charge in [-0.05, 0) is 23.3 Å². The molecule has 86 valence electrons. The summed E-state index contributed by atoms with van der Waals surface area (Å²) in [6, 6.07) is 9.59. The summed E-state index contributed by atoms with van der Waals surface area (Å²) in [5.41, 5.74) is 2.77. The van der Waals surface area contributed by atoms with Crippen LogP contribution in [0.2, 0.25) is 0 Å². The van der Waals surface area contributed by atoms with Crippen LogP contribution in [-0.2, 0) is 4.79 Å². The maximum Gasteiger partial charge on any atom is 0.150 e. The van der Waals surface area contributed by atoms with Crippen molar-refractivity contribution in [3.63, 3.8) is 0 Å². The number of rotatable bonds is 3. The van der Waals surface area contributed by atoms with Crippen LogP contribution in [0.15, 0.2) is 30.3 Å². The number of fused-ring (bicyclic) bond motifs is 1. The third-order valence-corrected chi connectivity index (χ3v) is 3.06. The van der Waals surface area contributed by atoms with Gasteiger partial charge in [-0.2, -0.15) is 0 Å². The van der Waals surface area contributed by atoms with E-state index < -0.39 is 0 Å². The molecule has 0 saturated carbocycles. The van der Waals surface area contributed by atoms with E-state index in [-0.39, 0.29) is 5.92 Å². The van der Waals surface area contributed by atoms with E-state index in [0.29, 0.717) is 5.56 Å². The highest BCUT2D eigenvalue weighted by Crippen LogP contribution is 2.27. The lowest BCUT2D eigenvalue weighted by molar-refractivity contribution is -0.108. The summed E-state index contributed by atoms with van der Waals surface area (Å²) in [5.74, 6) is -0.153. The van der Waals surface area contributed by atoms with Gasteiger partial charge in [0, 0.05) is 11.5 Å². The number of benzene rings is 2. The zero-order valence-electron chi connectivity index (χ0n) is 9.94. The summed E-state index contributed by atoms with van der Waals surface area (Å²) in [6.45, 7) is 3.87. The van der Waals surface area contributed by atoms with Crippen LogP contribution >= 0.6 is 0 Å². The van der Waals surface area contributed by atoms with E-state index in [0.717, 1.165) is 34.5 Å². The lowest BCUT2D eigenvalue weighted by Crippen LogP contribution is -1.97. The fourth-order valence-electron chi connectivity index (χ4n) is 2.08. The van der Waals surface area contributed by atoms with Crippen LogP contribution in [0.3, 0.4) is 0 Å². The van der Waals surface area contributed by atoms with E-state index in [9.17, 15) is 9.59 Å². The summed E-state index contributed by atoms with van der Waals surface area (Å²) < 4.78 is 0. The first-order valence-corrected chi connectivity index (χ1v) is 5.61. The quantitative estimate of drug-likeness (QED) is 0.753. The summed E-state index contributed by atoms with van der Waals surface area (Å²) in [6.07, 6.45) is 1.78. The molecule has 2 nitrogen and oxygen atoms in total. The largest absolute Gasteiger partial charge is 0.303 e. The summed E-state index contributed by atoms with van der Waals surface area (Å²) in [7, 11) is 0. The fraction of sp³-hybridized carbons (Fsp3) is 0.200. The maximum absolute atomic E-state index is 11.0. The molecule has 0 aliphatic heterocycles. The van der Waals surface area contributed by atoms with Crippen LogP contribution in [-0.4, -0.2) is 12.6 Å². The van der Waals surface area contributed by atoms with E-state index in [2.05, 4.69) is 0 Å². The average Bonchev–Trinajstić information content (AvgIpc) is 2.36. The fourth-order valence-corrected chi connectivity index (χ4v) is 2.08. The Hall–Kier alpha value is -1.96. The van der Waals surface area contributed by atoms with Gasteiger partial charge >= 0.3 is 0 Å². The Morgan fingerprint density at radius 3 is 2.47 bits per heavy atom. The molecule has 0 bridgehead atoms. The molecule has 0 saturated heterocycles. The smallest absolute Gasteiger partial charge is 0.150 e. The lowest BCUT2D eigenvalue weighted by Gasteiger charge is -2.11. The van der Waals surface area contributed by atoms with Gasteiger partial charge in [0.05, 0.1) is 0 Å². The van der Waals surface area contributed by atoms with E-state index >= 15 is 0 Å². The summed E-state index contributed by atoms with van der Waals surface area (Å²) in [4.78, 5) is 21.9. The molecule has 0 heterocycles. The number of carbonyl (C=O) groups excluding carboxylic acids is 2. The van der Waals surface area contributed by atoms with Gasteiger partial charge in [0.1, 0.15) is 6.29 Å². The Balaban J connectivity index is 2.82. The molecule has 17 heavy (non-hydrogen) atoms. The van der Waals surface area contributed by atoms with Crippen molar-refractivity contribution in [3.8, 4) is 0 Å². The van der Waals surface area contributed by atoms with Crippen LogP contribution in [0.5, 0.6) is 0 Å². The molecule has 0 N–H and O–H groups in total. The highest BCUT2D eigenvalue weighted by molar-refractivity contribution is 6.00. The Morgan fingerprint density at radius 1 is 1.06 bits per heavy atom. The van der Waals surface area contributed by atoms with Crippen LogP contribution < -0.4 is 0 Å². The molecule has 0 aliphatic rings. The van der Waals surface area contributed by atoms with Gasteiger partial charge in [-0.15, -0.1) is 0 Å². The topological polar surface area (TPSA) is 34.1 Å². The third-order valence-electron chi connectivity index (χ3n) is 3.06. The lowest BCUT2D eigenvalue weighted by atomic mass is 9.92. The van der Waals surface area contributed by atoms with Crippen molar-refractivity contribution in [2.45, 2.75) is 19.8 Å². The van der Waals surface area contributed by atoms with Crippen LogP contribution in [0.25, 0.3) is 10.8 Å². The summed E-state index contributed by atoms with van der Waals surface area (Å²) >= 11 is 0. The second-order valence-corrected chi connectivity index (χ2v) is 4.34. The SMILES string of the molecule is Cc1ccc2c(C=O)ccc(C(C)C=O)c2c1. The van der Waals surface area contributed by atoms with Gasteiger partial charge < -0.3 is 4.79 Å². The zero-order chi connectivity index (χ0) is 12.4. The first kappa shape index (κ1) is 11.5. The molecule has 2 aromatic carbocycles. The molecule has 2 aromatic rings. The summed E-state index contributed by atoms with van der Waals surface area (Å²) in [5, 5.41) is 1.91. The normalized spacial score (nSPS) is 12.4. The van der Waals surface area contributed by atoms with Gasteiger partial charge in [-0.1, -0.05) is 42.8 Å².